The lowest BCUT2D eigenvalue weighted by molar-refractivity contribution is -0.120. The molecule has 6 heteroatoms. The van der Waals surface area contributed by atoms with E-state index < -0.39 is 5.97 Å². The van der Waals surface area contributed by atoms with Crippen LogP contribution in [0.4, 0.5) is 5.69 Å². The minimum absolute atomic E-state index is 0.340. The molecular formula is C17H17NO5. The zero-order chi connectivity index (χ0) is 16.4. The molecular weight excluding hydrogens is 298 g/mol. The number of carbonyl (C=O) groups excluding carboxylic acids is 3. The van der Waals surface area contributed by atoms with E-state index in [2.05, 4.69) is 0 Å². The summed E-state index contributed by atoms with van der Waals surface area (Å²) in [7, 11) is 0. The predicted octanol–water partition coefficient (Wildman–Crippen LogP) is 1.70. The molecule has 2 heterocycles. The number of imide groups is 1. The molecule has 0 atom stereocenters. The fraction of sp³-hybridized carbons (Fsp3) is 0.353. The molecule has 23 heavy (non-hydrogen) atoms. The quantitative estimate of drug-likeness (QED) is 0.611. The maximum Gasteiger partial charge on any atom is 0.338 e. The Kier molecular flexibility index (Phi) is 4.25. The number of hydrogen-bond donors (Lipinski definition) is 0. The van der Waals surface area contributed by atoms with Gasteiger partial charge in [0.25, 0.3) is 11.8 Å². The van der Waals surface area contributed by atoms with E-state index in [0.717, 1.165) is 24.5 Å². The van der Waals surface area contributed by atoms with Crippen molar-refractivity contribution in [1.82, 2.24) is 0 Å². The number of esters is 1. The third-order valence-corrected chi connectivity index (χ3v) is 3.93. The van der Waals surface area contributed by atoms with E-state index in [1.165, 1.54) is 6.08 Å². The van der Waals surface area contributed by atoms with E-state index in [4.69, 9.17) is 9.47 Å². The van der Waals surface area contributed by atoms with Crippen molar-refractivity contribution in [2.45, 2.75) is 13.3 Å². The third-order valence-electron chi connectivity index (χ3n) is 3.93. The Bertz CT molecular complexity index is 673. The Hall–Kier alpha value is -2.47. The average Bonchev–Trinajstić information content (AvgIpc) is 2.75. The summed E-state index contributed by atoms with van der Waals surface area (Å²) in [5, 5.41) is 0. The summed E-state index contributed by atoms with van der Waals surface area (Å²) < 4.78 is 10.3. The molecule has 0 aliphatic carbocycles. The van der Waals surface area contributed by atoms with Crippen molar-refractivity contribution in [3.8, 4) is 0 Å². The summed E-state index contributed by atoms with van der Waals surface area (Å²) in [6.45, 7) is 3.43. The fourth-order valence-corrected chi connectivity index (χ4v) is 2.43. The molecule has 0 aromatic heterocycles. The largest absolute Gasteiger partial charge is 0.462 e. The number of anilines is 1. The van der Waals surface area contributed by atoms with Gasteiger partial charge >= 0.3 is 5.97 Å². The molecule has 120 valence electrons. The molecule has 6 nitrogen and oxygen atoms in total. The Morgan fingerprint density at radius 1 is 1.26 bits per heavy atom. The lowest BCUT2D eigenvalue weighted by Crippen LogP contribution is -2.30. The van der Waals surface area contributed by atoms with E-state index in [1.54, 1.807) is 31.2 Å². The van der Waals surface area contributed by atoms with Gasteiger partial charge in [-0.05, 0) is 37.6 Å². The van der Waals surface area contributed by atoms with Gasteiger partial charge in [-0.3, -0.25) is 9.59 Å². The summed E-state index contributed by atoms with van der Waals surface area (Å²) in [6.07, 6.45) is 2.10. The number of ether oxygens (including phenoxy) is 2. The molecule has 2 aliphatic rings. The zero-order valence-corrected chi connectivity index (χ0v) is 12.8. The van der Waals surface area contributed by atoms with Gasteiger partial charge in [0.2, 0.25) is 0 Å². The van der Waals surface area contributed by atoms with Crippen molar-refractivity contribution < 1.29 is 23.9 Å². The van der Waals surface area contributed by atoms with Crippen LogP contribution in [0, 0.1) is 5.92 Å². The normalized spacial score (nSPS) is 18.0. The summed E-state index contributed by atoms with van der Waals surface area (Å²) in [5.41, 5.74) is 1.23. The standard InChI is InChI=1S/C17H17NO5/c1-11-8-15(19)18(16(11)20)14-4-2-13(3-5-14)17(21)23-7-6-12-9-22-10-12/h2-5,8,12H,6-7,9-10H2,1H3. The van der Waals surface area contributed by atoms with E-state index in [-0.39, 0.29) is 11.8 Å². The summed E-state index contributed by atoms with van der Waals surface area (Å²) in [6, 6.07) is 6.24. The molecule has 0 bridgehead atoms. The molecule has 1 aromatic rings. The zero-order valence-electron chi connectivity index (χ0n) is 12.8. The maximum absolute atomic E-state index is 11.9. The van der Waals surface area contributed by atoms with Crippen molar-refractivity contribution in [2.75, 3.05) is 24.7 Å². The molecule has 1 fully saturated rings. The van der Waals surface area contributed by atoms with Gasteiger partial charge in [-0.2, -0.15) is 0 Å². The molecule has 0 radical (unpaired) electrons. The summed E-state index contributed by atoms with van der Waals surface area (Å²) in [5.74, 6) is -0.642. The highest BCUT2D eigenvalue weighted by molar-refractivity contribution is 6.30. The van der Waals surface area contributed by atoms with Crippen LogP contribution in [0.1, 0.15) is 23.7 Å². The van der Waals surface area contributed by atoms with Crippen molar-refractivity contribution in [2.24, 2.45) is 5.92 Å². The van der Waals surface area contributed by atoms with Crippen LogP contribution < -0.4 is 4.90 Å². The van der Waals surface area contributed by atoms with Crippen molar-refractivity contribution >= 4 is 23.5 Å². The van der Waals surface area contributed by atoms with Gasteiger partial charge in [0, 0.05) is 17.6 Å². The van der Waals surface area contributed by atoms with Gasteiger partial charge in [-0.1, -0.05) is 0 Å². The van der Waals surface area contributed by atoms with Crippen LogP contribution >= 0.6 is 0 Å². The second kappa shape index (κ2) is 6.34. The molecule has 1 aromatic carbocycles. The highest BCUT2D eigenvalue weighted by atomic mass is 16.5. The van der Waals surface area contributed by atoms with Crippen LogP contribution in [-0.2, 0) is 19.1 Å². The first-order chi connectivity index (χ1) is 11.1. The van der Waals surface area contributed by atoms with Gasteiger partial charge in [0.1, 0.15) is 0 Å². The topological polar surface area (TPSA) is 72.9 Å². The van der Waals surface area contributed by atoms with Gasteiger partial charge < -0.3 is 9.47 Å². The number of amides is 2. The van der Waals surface area contributed by atoms with Gasteiger partial charge in [-0.15, -0.1) is 0 Å². The minimum Gasteiger partial charge on any atom is -0.462 e. The van der Waals surface area contributed by atoms with Crippen LogP contribution in [0.5, 0.6) is 0 Å². The third kappa shape index (κ3) is 3.17. The Balaban J connectivity index is 1.59. The second-order valence-electron chi connectivity index (χ2n) is 5.68. The minimum atomic E-state index is -0.412. The van der Waals surface area contributed by atoms with E-state index in [9.17, 15) is 14.4 Å². The van der Waals surface area contributed by atoms with Crippen LogP contribution in [0.25, 0.3) is 0 Å². The summed E-state index contributed by atoms with van der Waals surface area (Å²) in [4.78, 5) is 36.7. The molecule has 1 saturated heterocycles. The molecule has 0 unspecified atom stereocenters. The number of nitrogens with zero attached hydrogens (tertiary/aromatic N) is 1. The lowest BCUT2D eigenvalue weighted by atomic mass is 10.1. The molecule has 2 aliphatic heterocycles. The first kappa shape index (κ1) is 15.4. The number of rotatable bonds is 5. The monoisotopic (exact) mass is 315 g/mol. The lowest BCUT2D eigenvalue weighted by Gasteiger charge is -2.25. The average molecular weight is 315 g/mol. The number of carbonyl (C=O) groups is 3. The first-order valence-corrected chi connectivity index (χ1v) is 7.48. The molecule has 3 rings (SSSR count). The summed E-state index contributed by atoms with van der Waals surface area (Å²) >= 11 is 0. The van der Waals surface area contributed by atoms with Crippen LogP contribution in [0.2, 0.25) is 0 Å². The van der Waals surface area contributed by atoms with E-state index in [1.807, 2.05) is 0 Å². The van der Waals surface area contributed by atoms with Crippen molar-refractivity contribution in [3.05, 3.63) is 41.5 Å². The first-order valence-electron chi connectivity index (χ1n) is 7.48. The fourth-order valence-electron chi connectivity index (χ4n) is 2.43. The number of hydrogen-bond acceptors (Lipinski definition) is 5. The highest BCUT2D eigenvalue weighted by Crippen LogP contribution is 2.23. The van der Waals surface area contributed by atoms with Crippen molar-refractivity contribution in [3.63, 3.8) is 0 Å². The predicted molar refractivity (Wildman–Crippen MR) is 81.9 cm³/mol. The Morgan fingerprint density at radius 2 is 1.96 bits per heavy atom. The molecule has 0 spiro atoms. The SMILES string of the molecule is CC1=CC(=O)N(c2ccc(C(=O)OCCC3COC3)cc2)C1=O. The Labute approximate surface area is 133 Å². The van der Waals surface area contributed by atoms with Gasteiger partial charge in [0.15, 0.2) is 0 Å². The van der Waals surface area contributed by atoms with Crippen LogP contribution in [0.15, 0.2) is 35.9 Å². The van der Waals surface area contributed by atoms with Gasteiger partial charge in [0.05, 0.1) is 31.1 Å². The smallest absolute Gasteiger partial charge is 0.338 e. The highest BCUT2D eigenvalue weighted by Gasteiger charge is 2.29. The molecule has 0 N–H and O–H groups in total. The van der Waals surface area contributed by atoms with Crippen LogP contribution in [-0.4, -0.2) is 37.6 Å². The van der Waals surface area contributed by atoms with Crippen molar-refractivity contribution in [1.29, 1.82) is 0 Å². The van der Waals surface area contributed by atoms with Crippen LogP contribution in [0.3, 0.4) is 0 Å². The molecule has 0 saturated carbocycles. The second-order valence-corrected chi connectivity index (χ2v) is 5.68. The maximum atomic E-state index is 11.9. The van der Waals surface area contributed by atoms with E-state index in [0.29, 0.717) is 29.3 Å². The Morgan fingerprint density at radius 3 is 2.48 bits per heavy atom. The van der Waals surface area contributed by atoms with E-state index >= 15 is 0 Å². The number of benzene rings is 1. The molecule has 2 amide bonds. The van der Waals surface area contributed by atoms with Gasteiger partial charge in [-0.25, -0.2) is 9.69 Å².